The Labute approximate surface area is 390 Å². The van der Waals surface area contributed by atoms with Crippen molar-refractivity contribution in [3.63, 3.8) is 0 Å². The molecule has 4 nitrogen and oxygen atoms in total. The molecule has 0 spiro atoms. The van der Waals surface area contributed by atoms with Crippen LogP contribution in [0.5, 0.6) is 0 Å². The number of furan rings is 1. The number of aromatic nitrogens is 3. The fraction of sp³-hybridized carbons (Fsp3) is 0.158. The molecule has 0 fully saturated rings. The van der Waals surface area contributed by atoms with Crippen molar-refractivity contribution in [3.05, 3.63) is 193 Å². The van der Waals surface area contributed by atoms with Gasteiger partial charge < -0.3 is 14.0 Å². The zero-order valence-electron chi connectivity index (χ0n) is 37.2. The molecule has 64 heavy (non-hydrogen) atoms. The first-order valence-corrected chi connectivity index (χ1v) is 25.2. The number of nitrogens with zero attached hydrogens (tertiary/aromatic N) is 3. The van der Waals surface area contributed by atoms with Crippen molar-refractivity contribution in [2.75, 3.05) is 0 Å². The average Bonchev–Trinajstić information content (AvgIpc) is 3.88. The zero-order valence-corrected chi connectivity index (χ0v) is 40.6. The predicted molar refractivity (Wildman–Crippen MR) is 263 cm³/mol. The molecule has 3 heterocycles. The monoisotopic (exact) mass is 1030 g/mol. The van der Waals surface area contributed by atoms with E-state index in [9.17, 15) is 4.39 Å². The molecule has 0 amide bonds. The van der Waals surface area contributed by atoms with E-state index in [1.165, 1.54) is 50.8 Å². The van der Waals surface area contributed by atoms with Crippen LogP contribution in [0.15, 0.2) is 168 Å². The van der Waals surface area contributed by atoms with E-state index in [2.05, 4.69) is 190 Å². The van der Waals surface area contributed by atoms with E-state index in [4.69, 9.17) is 9.40 Å². The van der Waals surface area contributed by atoms with E-state index in [0.717, 1.165) is 61.2 Å². The van der Waals surface area contributed by atoms with Gasteiger partial charge in [0.15, 0.2) is 0 Å². The maximum Gasteiger partial charge on any atom is 0.121 e. The standard InChI is InChI=1S/C43H35N2O.C14H15FNSi.Ir/c1-27(2)36-24-32(30-16-9-6-10-17-30)25-37(28(3)4)41(36)45-39-21-12-11-20-38(39)44-43(45)35-19-13-18-34-33-23-22-31(26-40(33)46-42(34)35)29-14-7-5-8-15-29;1-17(2,3)13-8-9-14(16-10-13)11-4-6-12(15)7-5-11;/h5-18,20-28H,1-4H3;4,6-10H,1-3H3;/q2*-1;. The number of halogens is 1. The van der Waals surface area contributed by atoms with Gasteiger partial charge in [0.25, 0.3) is 0 Å². The number of para-hydroxylation sites is 2. The summed E-state index contributed by atoms with van der Waals surface area (Å²) in [5, 5.41) is 3.48. The van der Waals surface area contributed by atoms with Crippen molar-refractivity contribution >= 4 is 46.2 Å². The Bertz CT molecular complexity index is 3180. The Morgan fingerprint density at radius 3 is 1.91 bits per heavy atom. The van der Waals surface area contributed by atoms with Crippen LogP contribution in [0, 0.1) is 17.9 Å². The third-order valence-corrected chi connectivity index (χ3v) is 13.8. The topological polar surface area (TPSA) is 43.9 Å². The second-order valence-electron chi connectivity index (χ2n) is 17.8. The van der Waals surface area contributed by atoms with Crippen molar-refractivity contribution in [1.82, 2.24) is 14.5 Å². The van der Waals surface area contributed by atoms with Gasteiger partial charge in [0, 0.05) is 43.2 Å². The predicted octanol–water partition coefficient (Wildman–Crippen LogP) is 15.2. The first-order valence-electron chi connectivity index (χ1n) is 21.7. The molecule has 0 saturated heterocycles. The molecular formula is C57H50FIrN3OSi-2. The summed E-state index contributed by atoms with van der Waals surface area (Å²) in [6.07, 6.45) is 1.93. The van der Waals surface area contributed by atoms with Crippen LogP contribution >= 0.6 is 0 Å². The van der Waals surface area contributed by atoms with Crippen LogP contribution in [0.3, 0.4) is 0 Å². The molecule has 0 aliphatic carbocycles. The molecule has 0 unspecified atom stereocenters. The molecule has 3 aromatic heterocycles. The molecule has 0 atom stereocenters. The van der Waals surface area contributed by atoms with Gasteiger partial charge in [-0.3, -0.25) is 9.37 Å². The molecule has 1 radical (unpaired) electrons. The number of pyridine rings is 1. The molecule has 0 bridgehead atoms. The fourth-order valence-corrected chi connectivity index (χ4v) is 9.35. The van der Waals surface area contributed by atoms with E-state index in [-0.39, 0.29) is 37.8 Å². The summed E-state index contributed by atoms with van der Waals surface area (Å²) in [5.74, 6) is 1.14. The van der Waals surface area contributed by atoms with Crippen LogP contribution in [0.25, 0.3) is 83.6 Å². The minimum Gasteiger partial charge on any atom is -0.501 e. The molecular weight excluding hydrogens is 982 g/mol. The average molecular weight is 1030 g/mol. The molecule has 10 aromatic rings. The van der Waals surface area contributed by atoms with Crippen LogP contribution in [0.1, 0.15) is 50.7 Å². The first-order chi connectivity index (χ1) is 30.4. The van der Waals surface area contributed by atoms with Crippen LogP contribution in [-0.2, 0) is 20.1 Å². The van der Waals surface area contributed by atoms with Crippen molar-refractivity contribution in [2.24, 2.45) is 0 Å². The number of hydrogen-bond donors (Lipinski definition) is 0. The van der Waals surface area contributed by atoms with E-state index < -0.39 is 8.07 Å². The van der Waals surface area contributed by atoms with Crippen LogP contribution < -0.4 is 5.19 Å². The minimum atomic E-state index is -1.30. The Morgan fingerprint density at radius 2 is 1.30 bits per heavy atom. The maximum atomic E-state index is 12.8. The third kappa shape index (κ3) is 8.81. The van der Waals surface area contributed by atoms with Gasteiger partial charge in [-0.2, -0.15) is 0 Å². The SMILES string of the molecule is CC(C)c1cc(-c2ccccc2)cc(C(C)C)c1-n1c(-c2[c-]ccc3c2oc2cc(-c4ccccc4)ccc23)nc2ccccc21.C[Si](C)(C)c1ccc(-c2[c-]cc(F)cc2)nc1.[Ir]. The smallest absolute Gasteiger partial charge is 0.121 e. The maximum absolute atomic E-state index is 12.8. The largest absolute Gasteiger partial charge is 0.501 e. The molecule has 0 saturated carbocycles. The van der Waals surface area contributed by atoms with Gasteiger partial charge in [-0.15, -0.1) is 48.0 Å². The number of fused-ring (bicyclic) bond motifs is 4. The minimum absolute atomic E-state index is 0. The van der Waals surface area contributed by atoms with Crippen molar-refractivity contribution in [1.29, 1.82) is 0 Å². The van der Waals surface area contributed by atoms with Gasteiger partial charge in [0.2, 0.25) is 0 Å². The summed E-state index contributed by atoms with van der Waals surface area (Å²) in [5.41, 5.74) is 14.7. The van der Waals surface area contributed by atoms with Gasteiger partial charge in [-0.25, -0.2) is 0 Å². The van der Waals surface area contributed by atoms with E-state index in [1.54, 1.807) is 6.07 Å². The number of imidazole rings is 1. The Hall–Kier alpha value is -6.24. The van der Waals surface area contributed by atoms with Crippen molar-refractivity contribution in [3.8, 4) is 50.6 Å². The Balaban J connectivity index is 0.000000262. The van der Waals surface area contributed by atoms with Gasteiger partial charge in [-0.1, -0.05) is 155 Å². The molecule has 10 rings (SSSR count). The summed E-state index contributed by atoms with van der Waals surface area (Å²) in [4.78, 5) is 9.72. The summed E-state index contributed by atoms with van der Waals surface area (Å²) in [6, 6.07) is 59.9. The molecule has 0 aliphatic heterocycles. The van der Waals surface area contributed by atoms with Crippen LogP contribution in [-0.4, -0.2) is 22.6 Å². The Kier molecular flexibility index (Phi) is 12.8. The third-order valence-electron chi connectivity index (χ3n) is 11.7. The molecule has 321 valence electrons. The van der Waals surface area contributed by atoms with Gasteiger partial charge in [-0.05, 0) is 86.4 Å². The summed E-state index contributed by atoms with van der Waals surface area (Å²) >= 11 is 0. The van der Waals surface area contributed by atoms with Gasteiger partial charge >= 0.3 is 0 Å². The van der Waals surface area contributed by atoms with Gasteiger partial charge in [0.1, 0.15) is 5.58 Å². The molecule has 7 aromatic carbocycles. The number of benzene rings is 7. The van der Waals surface area contributed by atoms with Crippen molar-refractivity contribution < 1.29 is 28.9 Å². The van der Waals surface area contributed by atoms with Crippen LogP contribution in [0.2, 0.25) is 19.6 Å². The normalized spacial score (nSPS) is 11.6. The quantitative estimate of drug-likeness (QED) is 0.113. The molecule has 7 heteroatoms. The summed E-state index contributed by atoms with van der Waals surface area (Å²) in [7, 11) is -1.30. The van der Waals surface area contributed by atoms with Crippen LogP contribution in [0.4, 0.5) is 4.39 Å². The molecule has 0 aliphatic rings. The molecule has 0 N–H and O–H groups in total. The number of hydrogen-bond acceptors (Lipinski definition) is 3. The summed E-state index contributed by atoms with van der Waals surface area (Å²) < 4.78 is 21.9. The van der Waals surface area contributed by atoms with E-state index in [1.807, 2.05) is 24.4 Å². The second kappa shape index (κ2) is 18.5. The fourth-order valence-electron chi connectivity index (χ4n) is 8.32. The number of rotatable bonds is 8. The summed E-state index contributed by atoms with van der Waals surface area (Å²) in [6.45, 7) is 16.0. The Morgan fingerprint density at radius 1 is 0.641 bits per heavy atom. The zero-order chi connectivity index (χ0) is 43.8. The van der Waals surface area contributed by atoms with E-state index >= 15 is 0 Å². The van der Waals surface area contributed by atoms with E-state index in [0.29, 0.717) is 0 Å². The van der Waals surface area contributed by atoms with Crippen molar-refractivity contribution in [2.45, 2.75) is 59.2 Å². The first kappa shape index (κ1) is 44.4. The second-order valence-corrected chi connectivity index (χ2v) is 22.9. The van der Waals surface area contributed by atoms with Gasteiger partial charge in [0.05, 0.1) is 30.5 Å².